The lowest BCUT2D eigenvalue weighted by molar-refractivity contribution is 0.0948. The zero-order valence-corrected chi connectivity index (χ0v) is 17.3. The molecule has 0 fully saturated rings. The smallest absolute Gasteiger partial charge is 0.255 e. The number of amides is 1. The third-order valence-electron chi connectivity index (χ3n) is 4.26. The predicted molar refractivity (Wildman–Crippen MR) is 111 cm³/mol. The van der Waals surface area contributed by atoms with E-state index in [1.54, 1.807) is 18.3 Å². The molecule has 2 heterocycles. The lowest BCUT2D eigenvalue weighted by Crippen LogP contribution is -2.23. The van der Waals surface area contributed by atoms with Crippen molar-refractivity contribution < 1.29 is 9.90 Å². The van der Waals surface area contributed by atoms with Gasteiger partial charge in [-0.3, -0.25) is 4.79 Å². The molecule has 3 aromatic rings. The van der Waals surface area contributed by atoms with Gasteiger partial charge >= 0.3 is 0 Å². The number of aromatic amines is 1. The molecule has 29 heavy (non-hydrogen) atoms. The number of H-pyrrole nitrogens is 1. The summed E-state index contributed by atoms with van der Waals surface area (Å²) >= 11 is 0. The van der Waals surface area contributed by atoms with Crippen molar-refractivity contribution in [3.63, 3.8) is 0 Å². The maximum atomic E-state index is 12.6. The quantitative estimate of drug-likeness (QED) is 0.492. The number of imidazole rings is 1. The lowest BCUT2D eigenvalue weighted by Gasteiger charge is -2.14. The first-order chi connectivity index (χ1) is 13.6. The molecule has 8 nitrogen and oxygen atoms in total. The van der Waals surface area contributed by atoms with Crippen molar-refractivity contribution in [2.24, 2.45) is 0 Å². The second kappa shape index (κ2) is 7.90. The monoisotopic (exact) mass is 394 g/mol. The molecule has 2 aromatic heterocycles. The average Bonchev–Trinajstić information content (AvgIpc) is 3.10. The Morgan fingerprint density at radius 2 is 1.83 bits per heavy atom. The van der Waals surface area contributed by atoms with Crippen LogP contribution in [0.5, 0.6) is 5.75 Å². The minimum absolute atomic E-state index is 0.100. The normalized spacial score (nSPS) is 11.3. The zero-order valence-electron chi connectivity index (χ0n) is 17.3. The highest BCUT2D eigenvalue weighted by Gasteiger charge is 2.18. The summed E-state index contributed by atoms with van der Waals surface area (Å²) in [6.45, 7) is 10.2. The van der Waals surface area contributed by atoms with Gasteiger partial charge in [-0.15, -0.1) is 0 Å². The summed E-state index contributed by atoms with van der Waals surface area (Å²) in [5.74, 6) is 0.796. The molecule has 0 aliphatic carbocycles. The highest BCUT2D eigenvalue weighted by Crippen LogP contribution is 2.24. The Morgan fingerprint density at radius 3 is 2.45 bits per heavy atom. The van der Waals surface area contributed by atoms with Gasteiger partial charge in [0.15, 0.2) is 0 Å². The third-order valence-corrected chi connectivity index (χ3v) is 4.26. The number of hydrogen-bond acceptors (Lipinski definition) is 6. The number of carbonyl (C=O) groups excluding carboxylic acids is 1. The second-order valence-electron chi connectivity index (χ2n) is 8.02. The predicted octanol–water partition coefficient (Wildman–Crippen LogP) is 3.49. The summed E-state index contributed by atoms with van der Waals surface area (Å²) in [5.41, 5.74) is 3.14. The summed E-state index contributed by atoms with van der Waals surface area (Å²) in [4.78, 5) is 28.8. The summed E-state index contributed by atoms with van der Waals surface area (Å²) < 4.78 is 0. The van der Waals surface area contributed by atoms with Crippen LogP contribution < -0.4 is 10.6 Å². The van der Waals surface area contributed by atoms with E-state index in [1.165, 1.54) is 6.07 Å². The third kappa shape index (κ3) is 5.10. The number of anilines is 2. The Balaban J connectivity index is 1.71. The molecule has 0 radical (unpaired) electrons. The van der Waals surface area contributed by atoms with Crippen LogP contribution in [0.15, 0.2) is 30.5 Å². The van der Waals surface area contributed by atoms with Crippen molar-refractivity contribution in [1.82, 2.24) is 25.3 Å². The van der Waals surface area contributed by atoms with E-state index in [2.05, 4.69) is 51.3 Å². The van der Waals surface area contributed by atoms with Gasteiger partial charge in [0, 0.05) is 22.5 Å². The average molecular weight is 394 g/mol. The van der Waals surface area contributed by atoms with Crippen LogP contribution in [0, 0.1) is 13.8 Å². The molecular formula is C21H26N6O2. The summed E-state index contributed by atoms with van der Waals surface area (Å²) in [6.07, 6.45) is 1.70. The van der Waals surface area contributed by atoms with Crippen molar-refractivity contribution in [1.29, 1.82) is 0 Å². The van der Waals surface area contributed by atoms with Gasteiger partial charge in [0.1, 0.15) is 11.6 Å². The van der Waals surface area contributed by atoms with Crippen LogP contribution in [0.2, 0.25) is 0 Å². The SMILES string of the molecule is Cc1cc(C)nc(Nc2ccc(O)c(C(=O)NCc3cnc(C(C)(C)C)[nH]3)c2)n1. The minimum Gasteiger partial charge on any atom is -0.507 e. The number of aryl methyl sites for hydroxylation is 2. The van der Waals surface area contributed by atoms with Crippen LogP contribution in [-0.4, -0.2) is 30.9 Å². The van der Waals surface area contributed by atoms with E-state index < -0.39 is 0 Å². The van der Waals surface area contributed by atoms with E-state index in [9.17, 15) is 9.90 Å². The molecule has 0 aliphatic rings. The van der Waals surface area contributed by atoms with Crippen LogP contribution in [0.3, 0.4) is 0 Å². The van der Waals surface area contributed by atoms with Crippen LogP contribution in [0.4, 0.5) is 11.6 Å². The Labute approximate surface area is 169 Å². The number of nitrogens with zero attached hydrogens (tertiary/aromatic N) is 3. The maximum Gasteiger partial charge on any atom is 0.255 e. The van der Waals surface area contributed by atoms with E-state index in [0.717, 1.165) is 22.9 Å². The number of hydrogen-bond donors (Lipinski definition) is 4. The molecule has 0 saturated heterocycles. The number of nitrogens with one attached hydrogen (secondary N) is 3. The topological polar surface area (TPSA) is 116 Å². The molecule has 4 N–H and O–H groups in total. The molecule has 0 saturated carbocycles. The molecule has 152 valence electrons. The van der Waals surface area contributed by atoms with Crippen molar-refractivity contribution in [2.45, 2.75) is 46.6 Å². The first-order valence-corrected chi connectivity index (χ1v) is 9.37. The van der Waals surface area contributed by atoms with Crippen LogP contribution in [-0.2, 0) is 12.0 Å². The van der Waals surface area contributed by atoms with Gasteiger partial charge in [0.2, 0.25) is 5.95 Å². The fourth-order valence-electron chi connectivity index (χ4n) is 2.81. The minimum atomic E-state index is -0.389. The van der Waals surface area contributed by atoms with Gasteiger partial charge in [-0.2, -0.15) is 0 Å². The number of phenolic OH excluding ortho intramolecular Hbond substituents is 1. The van der Waals surface area contributed by atoms with E-state index >= 15 is 0 Å². The van der Waals surface area contributed by atoms with Gasteiger partial charge in [-0.05, 0) is 38.1 Å². The first kappa shape index (κ1) is 20.3. The van der Waals surface area contributed by atoms with E-state index in [0.29, 0.717) is 11.6 Å². The summed E-state index contributed by atoms with van der Waals surface area (Å²) in [5, 5.41) is 16.0. The van der Waals surface area contributed by atoms with Gasteiger partial charge in [0.05, 0.1) is 24.0 Å². The molecule has 1 aromatic carbocycles. The van der Waals surface area contributed by atoms with Gasteiger partial charge in [-0.25, -0.2) is 15.0 Å². The Morgan fingerprint density at radius 1 is 1.14 bits per heavy atom. The molecule has 3 rings (SSSR count). The summed E-state index contributed by atoms with van der Waals surface area (Å²) in [6, 6.07) is 6.58. The molecule has 0 unspecified atom stereocenters. The van der Waals surface area contributed by atoms with Crippen LogP contribution >= 0.6 is 0 Å². The first-order valence-electron chi connectivity index (χ1n) is 9.37. The van der Waals surface area contributed by atoms with E-state index in [1.807, 2.05) is 19.9 Å². The van der Waals surface area contributed by atoms with Crippen molar-refractivity contribution >= 4 is 17.5 Å². The van der Waals surface area contributed by atoms with Gasteiger partial charge < -0.3 is 20.7 Å². The maximum absolute atomic E-state index is 12.6. The Bertz CT molecular complexity index is 1020. The number of phenols is 1. The van der Waals surface area contributed by atoms with E-state index in [4.69, 9.17) is 0 Å². The fourth-order valence-corrected chi connectivity index (χ4v) is 2.81. The van der Waals surface area contributed by atoms with E-state index in [-0.39, 0.29) is 29.2 Å². The number of carbonyl (C=O) groups is 1. The number of benzene rings is 1. The van der Waals surface area contributed by atoms with Crippen molar-refractivity contribution in [3.8, 4) is 5.75 Å². The number of rotatable bonds is 5. The largest absolute Gasteiger partial charge is 0.507 e. The van der Waals surface area contributed by atoms with Crippen LogP contribution in [0.25, 0.3) is 0 Å². The summed E-state index contributed by atoms with van der Waals surface area (Å²) in [7, 11) is 0. The fraction of sp³-hybridized carbons (Fsp3) is 0.333. The Hall–Kier alpha value is -3.42. The molecule has 1 amide bonds. The van der Waals surface area contributed by atoms with Gasteiger partial charge in [0.25, 0.3) is 5.91 Å². The molecule has 8 heteroatoms. The molecular weight excluding hydrogens is 368 g/mol. The van der Waals surface area contributed by atoms with Crippen molar-refractivity contribution in [3.05, 3.63) is 58.9 Å². The molecule has 0 atom stereocenters. The number of aromatic nitrogens is 4. The van der Waals surface area contributed by atoms with Crippen molar-refractivity contribution in [2.75, 3.05) is 5.32 Å². The lowest BCUT2D eigenvalue weighted by atomic mass is 9.96. The molecule has 0 spiro atoms. The van der Waals surface area contributed by atoms with Crippen LogP contribution in [0.1, 0.15) is 54.0 Å². The number of aromatic hydroxyl groups is 1. The highest BCUT2D eigenvalue weighted by atomic mass is 16.3. The second-order valence-corrected chi connectivity index (χ2v) is 8.02. The highest BCUT2D eigenvalue weighted by molar-refractivity contribution is 5.97. The standard InChI is InChI=1S/C21H26N6O2/c1-12-8-13(2)25-20(24-12)27-14-6-7-17(28)16(9-14)18(29)22-10-15-11-23-19(26-15)21(3,4)5/h6-9,11,28H,10H2,1-5H3,(H,22,29)(H,23,26)(H,24,25,27). The molecule has 0 bridgehead atoms. The zero-order chi connectivity index (χ0) is 21.2. The molecule has 0 aliphatic heterocycles. The van der Waals surface area contributed by atoms with Gasteiger partial charge in [-0.1, -0.05) is 20.8 Å². The Kier molecular flexibility index (Phi) is 5.54.